The second-order valence-electron chi connectivity index (χ2n) is 6.65. The zero-order chi connectivity index (χ0) is 21.9. The second kappa shape index (κ2) is 13.4. The molecule has 1 aromatic heterocycles. The quantitative estimate of drug-likeness (QED) is 0.228. The van der Waals surface area contributed by atoms with Crippen molar-refractivity contribution in [3.05, 3.63) is 78.0 Å². The van der Waals surface area contributed by atoms with Crippen molar-refractivity contribution in [2.45, 2.75) is 20.0 Å². The van der Waals surface area contributed by atoms with Gasteiger partial charge in [0.15, 0.2) is 5.96 Å². The lowest BCUT2D eigenvalue weighted by atomic mass is 10.2. The van der Waals surface area contributed by atoms with Crippen LogP contribution in [-0.4, -0.2) is 31.7 Å². The highest BCUT2D eigenvalue weighted by Crippen LogP contribution is 2.24. The molecule has 0 aliphatic carbocycles. The Bertz CT molecular complexity index is 997. The molecule has 8 heteroatoms. The minimum Gasteiger partial charge on any atom is -0.497 e. The van der Waals surface area contributed by atoms with Gasteiger partial charge >= 0.3 is 0 Å². The summed E-state index contributed by atoms with van der Waals surface area (Å²) in [7, 11) is 3.30. The summed E-state index contributed by atoms with van der Waals surface area (Å²) in [6, 6.07) is 19.1. The molecule has 0 radical (unpaired) electrons. The number of hydrogen-bond donors (Lipinski definition) is 2. The number of nitrogens with one attached hydrogen (secondary N) is 2. The van der Waals surface area contributed by atoms with Gasteiger partial charge in [-0.1, -0.05) is 30.3 Å². The summed E-state index contributed by atoms with van der Waals surface area (Å²) in [4.78, 5) is 9.03. The van der Waals surface area contributed by atoms with E-state index in [1.54, 1.807) is 20.4 Å². The SMILES string of the molecule is CCNC(=NCc1ccc(Oc2cccc(OC)c2)nc1)NCc1ccccc1OC.I. The summed E-state index contributed by atoms with van der Waals surface area (Å²) >= 11 is 0. The zero-order valence-corrected chi connectivity index (χ0v) is 20.8. The van der Waals surface area contributed by atoms with Gasteiger partial charge in [0.2, 0.25) is 5.88 Å². The first kappa shape index (κ1) is 25.3. The third-order valence-corrected chi connectivity index (χ3v) is 4.46. The average molecular weight is 548 g/mol. The van der Waals surface area contributed by atoms with Gasteiger partial charge in [0.25, 0.3) is 0 Å². The Balaban J connectivity index is 0.00000363. The van der Waals surface area contributed by atoms with Crippen LogP contribution in [0.1, 0.15) is 18.1 Å². The van der Waals surface area contributed by atoms with Crippen LogP contribution < -0.4 is 24.8 Å². The van der Waals surface area contributed by atoms with E-state index in [1.165, 1.54) is 0 Å². The van der Waals surface area contributed by atoms with Gasteiger partial charge in [-0.25, -0.2) is 9.98 Å². The van der Waals surface area contributed by atoms with E-state index >= 15 is 0 Å². The molecule has 0 atom stereocenters. The van der Waals surface area contributed by atoms with Crippen molar-refractivity contribution in [3.8, 4) is 23.1 Å². The molecule has 0 spiro atoms. The van der Waals surface area contributed by atoms with Gasteiger partial charge in [-0.05, 0) is 30.7 Å². The molecule has 0 bridgehead atoms. The monoisotopic (exact) mass is 548 g/mol. The molecule has 3 aromatic rings. The molecule has 0 saturated carbocycles. The Morgan fingerprint density at radius 2 is 1.75 bits per heavy atom. The molecule has 2 aromatic carbocycles. The van der Waals surface area contributed by atoms with Gasteiger partial charge < -0.3 is 24.8 Å². The predicted octanol–water partition coefficient (Wildman–Crippen LogP) is 4.76. The number of aromatic nitrogens is 1. The van der Waals surface area contributed by atoms with Gasteiger partial charge in [0.05, 0.1) is 20.8 Å². The number of methoxy groups -OCH3 is 2. The van der Waals surface area contributed by atoms with E-state index in [2.05, 4.69) is 20.6 Å². The fourth-order valence-corrected chi connectivity index (χ4v) is 2.89. The van der Waals surface area contributed by atoms with Crippen molar-refractivity contribution in [2.75, 3.05) is 20.8 Å². The summed E-state index contributed by atoms with van der Waals surface area (Å²) in [5.74, 6) is 3.50. The van der Waals surface area contributed by atoms with E-state index in [0.717, 1.165) is 35.1 Å². The zero-order valence-electron chi connectivity index (χ0n) is 18.5. The lowest BCUT2D eigenvalue weighted by molar-refractivity contribution is 0.407. The molecule has 7 nitrogen and oxygen atoms in total. The molecule has 0 amide bonds. The molecule has 170 valence electrons. The number of halogens is 1. The van der Waals surface area contributed by atoms with Crippen LogP contribution in [0.15, 0.2) is 71.9 Å². The third kappa shape index (κ3) is 7.60. The summed E-state index contributed by atoms with van der Waals surface area (Å²) in [6.07, 6.45) is 1.77. The molecule has 32 heavy (non-hydrogen) atoms. The van der Waals surface area contributed by atoms with Crippen molar-refractivity contribution in [1.29, 1.82) is 0 Å². The largest absolute Gasteiger partial charge is 0.497 e. The normalized spacial score (nSPS) is 10.7. The Morgan fingerprint density at radius 3 is 2.47 bits per heavy atom. The van der Waals surface area contributed by atoms with E-state index in [9.17, 15) is 0 Å². The number of rotatable bonds is 9. The van der Waals surface area contributed by atoms with Gasteiger partial charge in [0.1, 0.15) is 17.2 Å². The molecule has 2 N–H and O–H groups in total. The van der Waals surface area contributed by atoms with Crippen LogP contribution in [0.5, 0.6) is 23.1 Å². The lowest BCUT2D eigenvalue weighted by Gasteiger charge is -2.13. The Hall–Kier alpha value is -3.01. The van der Waals surface area contributed by atoms with Crippen LogP contribution in [0.25, 0.3) is 0 Å². The minimum atomic E-state index is 0. The van der Waals surface area contributed by atoms with Gasteiger partial charge in [-0.2, -0.15) is 0 Å². The number of aliphatic imine (C=N–C) groups is 1. The fraction of sp³-hybridized carbons (Fsp3) is 0.250. The van der Waals surface area contributed by atoms with Crippen LogP contribution in [0.4, 0.5) is 0 Å². The Labute approximate surface area is 206 Å². The molecule has 1 heterocycles. The van der Waals surface area contributed by atoms with E-state index in [-0.39, 0.29) is 24.0 Å². The van der Waals surface area contributed by atoms with Crippen LogP contribution in [0, 0.1) is 0 Å². The van der Waals surface area contributed by atoms with Crippen molar-refractivity contribution in [2.24, 2.45) is 4.99 Å². The van der Waals surface area contributed by atoms with Crippen molar-refractivity contribution >= 4 is 29.9 Å². The third-order valence-electron chi connectivity index (χ3n) is 4.46. The highest BCUT2D eigenvalue weighted by molar-refractivity contribution is 14.0. The van der Waals surface area contributed by atoms with Gasteiger partial charge in [-0.15, -0.1) is 24.0 Å². The van der Waals surface area contributed by atoms with Crippen LogP contribution in [0.3, 0.4) is 0 Å². The van der Waals surface area contributed by atoms with Crippen molar-refractivity contribution in [1.82, 2.24) is 15.6 Å². The van der Waals surface area contributed by atoms with Crippen LogP contribution in [-0.2, 0) is 13.1 Å². The Kier molecular flexibility index (Phi) is 10.6. The van der Waals surface area contributed by atoms with E-state index < -0.39 is 0 Å². The first-order chi connectivity index (χ1) is 15.2. The second-order valence-corrected chi connectivity index (χ2v) is 6.65. The number of ether oxygens (including phenoxy) is 3. The fourth-order valence-electron chi connectivity index (χ4n) is 2.89. The predicted molar refractivity (Wildman–Crippen MR) is 137 cm³/mol. The molecule has 0 unspecified atom stereocenters. The summed E-state index contributed by atoms with van der Waals surface area (Å²) in [5.41, 5.74) is 2.05. The molecule has 3 rings (SSSR count). The molecule has 0 aliphatic heterocycles. The van der Waals surface area contributed by atoms with Crippen molar-refractivity contribution in [3.63, 3.8) is 0 Å². The topological polar surface area (TPSA) is 77.0 Å². The van der Waals surface area contributed by atoms with Crippen LogP contribution >= 0.6 is 24.0 Å². The lowest BCUT2D eigenvalue weighted by Crippen LogP contribution is -2.36. The van der Waals surface area contributed by atoms with Crippen LogP contribution in [0.2, 0.25) is 0 Å². The molecule has 0 saturated heterocycles. The van der Waals surface area contributed by atoms with Gasteiger partial charge in [-0.3, -0.25) is 0 Å². The number of hydrogen-bond acceptors (Lipinski definition) is 5. The first-order valence-electron chi connectivity index (χ1n) is 10.1. The summed E-state index contributed by atoms with van der Waals surface area (Å²) in [5, 5.41) is 6.60. The average Bonchev–Trinajstić information content (AvgIpc) is 2.82. The smallest absolute Gasteiger partial charge is 0.219 e. The maximum absolute atomic E-state index is 5.79. The van der Waals surface area contributed by atoms with Gasteiger partial charge in [0, 0.05) is 37.0 Å². The number of para-hydroxylation sites is 1. The summed E-state index contributed by atoms with van der Waals surface area (Å²) in [6.45, 7) is 3.91. The van der Waals surface area contributed by atoms with E-state index in [0.29, 0.717) is 24.7 Å². The number of guanidine groups is 1. The summed E-state index contributed by atoms with van der Waals surface area (Å²) < 4.78 is 16.4. The maximum atomic E-state index is 5.79. The maximum Gasteiger partial charge on any atom is 0.219 e. The highest BCUT2D eigenvalue weighted by Gasteiger charge is 2.04. The Morgan fingerprint density at radius 1 is 0.938 bits per heavy atom. The number of pyridine rings is 1. The minimum absolute atomic E-state index is 0. The molecular formula is C24H29IN4O3. The first-order valence-corrected chi connectivity index (χ1v) is 10.1. The molecule has 0 fully saturated rings. The standard InChI is InChI=1S/C24H28N4O3.HI/c1-4-25-24(28-17-19-8-5-6-11-22(19)30-3)27-16-18-12-13-23(26-15-18)31-21-10-7-9-20(14-21)29-2;/h5-15H,4,16-17H2,1-3H3,(H2,25,27,28);1H. The highest BCUT2D eigenvalue weighted by atomic mass is 127. The number of benzene rings is 2. The van der Waals surface area contributed by atoms with Crippen molar-refractivity contribution < 1.29 is 14.2 Å². The molecular weight excluding hydrogens is 519 g/mol. The molecule has 0 aliphatic rings. The van der Waals surface area contributed by atoms with E-state index in [4.69, 9.17) is 14.2 Å². The van der Waals surface area contributed by atoms with E-state index in [1.807, 2.05) is 67.6 Å². The number of nitrogens with zero attached hydrogens (tertiary/aromatic N) is 2.